The van der Waals surface area contributed by atoms with Crippen LogP contribution in [0.2, 0.25) is 0 Å². The average molecular weight is 710 g/mol. The molecule has 6 aromatic carbocycles. The Morgan fingerprint density at radius 1 is 0.655 bits per heavy atom. The maximum atomic E-state index is 6.78. The van der Waals surface area contributed by atoms with Gasteiger partial charge in [-0.05, 0) is 79.1 Å². The molecule has 2 aliphatic rings. The molecule has 0 amide bonds. The maximum Gasteiger partial charge on any atom is 0.160 e. The lowest BCUT2D eigenvalue weighted by atomic mass is 9.89. The van der Waals surface area contributed by atoms with E-state index in [2.05, 4.69) is 188 Å². The molecule has 2 aromatic heterocycles. The van der Waals surface area contributed by atoms with Crippen LogP contribution in [0.3, 0.4) is 0 Å². The summed E-state index contributed by atoms with van der Waals surface area (Å²) in [7, 11) is 0. The first kappa shape index (κ1) is 32.8. The Morgan fingerprint density at radius 3 is 2.18 bits per heavy atom. The summed E-state index contributed by atoms with van der Waals surface area (Å²) >= 11 is 0. The van der Waals surface area contributed by atoms with Gasteiger partial charge in [0.05, 0.1) is 17.1 Å². The van der Waals surface area contributed by atoms with Crippen LogP contribution in [-0.4, -0.2) is 9.97 Å². The smallest absolute Gasteiger partial charge is 0.160 e. The third kappa shape index (κ3) is 5.97. The molecule has 0 saturated heterocycles. The molecule has 0 saturated carbocycles. The summed E-state index contributed by atoms with van der Waals surface area (Å²) in [5.41, 5.74) is 12.7. The lowest BCUT2D eigenvalue weighted by Crippen LogP contribution is -2.27. The lowest BCUT2D eigenvalue weighted by molar-refractivity contribution is 0.571. The Hall–Kier alpha value is -6.78. The van der Waals surface area contributed by atoms with Crippen molar-refractivity contribution in [2.45, 2.75) is 32.1 Å². The van der Waals surface area contributed by atoms with E-state index in [-0.39, 0.29) is 0 Å². The second-order valence-electron chi connectivity index (χ2n) is 14.4. The number of hydrogen-bond donors (Lipinski definition) is 0. The van der Waals surface area contributed by atoms with E-state index in [1.54, 1.807) is 0 Å². The van der Waals surface area contributed by atoms with Gasteiger partial charge in [-0.15, -0.1) is 0 Å². The summed E-state index contributed by atoms with van der Waals surface area (Å²) in [6.45, 7) is 2.17. The highest BCUT2D eigenvalue weighted by atomic mass is 16.3. The first-order valence-corrected chi connectivity index (χ1v) is 19.2. The van der Waals surface area contributed by atoms with Crippen LogP contribution in [0.15, 0.2) is 174 Å². The van der Waals surface area contributed by atoms with Crippen LogP contribution in [-0.2, 0) is 0 Å². The zero-order valence-corrected chi connectivity index (χ0v) is 30.7. The number of aromatic nitrogens is 2. The van der Waals surface area contributed by atoms with Crippen LogP contribution in [0.5, 0.6) is 0 Å². The standard InChI is InChI=1S/C51H39N3O/c1-34-49(38-18-7-3-8-19-38)52-51(39-29-27-36(28-30-39)35-15-5-2-6-16-35)53-50(34)44-24-14-26-46-48(44)43-32-31-41(33-47(43)55-46)54(40-21-9-4-10-22-40)45-25-13-20-37-17-11-12-23-42(37)45/h2-13,15-23,25-27,29-33,36H,14,24,28H2,1H3. The van der Waals surface area contributed by atoms with Crippen molar-refractivity contribution in [2.24, 2.45) is 0 Å². The minimum absolute atomic E-state index is 0.342. The summed E-state index contributed by atoms with van der Waals surface area (Å²) in [5, 5.41) is 4.63. The number of allylic oxidation sites excluding steroid dienone is 4. The van der Waals surface area contributed by atoms with Crippen molar-refractivity contribution in [3.63, 3.8) is 0 Å². The van der Waals surface area contributed by atoms with E-state index in [1.165, 1.54) is 21.9 Å². The molecule has 10 rings (SSSR count). The van der Waals surface area contributed by atoms with E-state index in [0.29, 0.717) is 5.92 Å². The van der Waals surface area contributed by atoms with Crippen molar-refractivity contribution in [3.8, 4) is 11.3 Å². The molecule has 0 aliphatic heterocycles. The molecule has 0 radical (unpaired) electrons. The highest BCUT2D eigenvalue weighted by Crippen LogP contribution is 2.40. The van der Waals surface area contributed by atoms with Crippen LogP contribution in [0.1, 0.15) is 47.8 Å². The van der Waals surface area contributed by atoms with E-state index < -0.39 is 0 Å². The Morgan fingerprint density at radius 2 is 1.38 bits per heavy atom. The van der Waals surface area contributed by atoms with E-state index in [4.69, 9.17) is 14.4 Å². The minimum Gasteiger partial charge on any atom is -0.456 e. The third-order valence-corrected chi connectivity index (χ3v) is 11.1. The maximum absolute atomic E-state index is 6.78. The van der Waals surface area contributed by atoms with Gasteiger partial charge < -0.3 is 9.32 Å². The quantitative estimate of drug-likeness (QED) is 0.165. The Labute approximate surface area is 320 Å². The fourth-order valence-corrected chi connectivity index (χ4v) is 8.37. The number of fused-ring (bicyclic) bond motifs is 4. The Balaban J connectivity index is 1.13. The van der Waals surface area contributed by atoms with Crippen LogP contribution < -0.4 is 15.5 Å². The Kier molecular flexibility index (Phi) is 8.29. The van der Waals surface area contributed by atoms with Crippen LogP contribution in [0, 0.1) is 6.92 Å². The van der Waals surface area contributed by atoms with Gasteiger partial charge in [-0.25, -0.2) is 9.97 Å². The fourth-order valence-electron chi connectivity index (χ4n) is 8.37. The second-order valence-corrected chi connectivity index (χ2v) is 14.4. The molecule has 8 aromatic rings. The first-order valence-electron chi connectivity index (χ1n) is 19.2. The molecule has 0 fully saturated rings. The van der Waals surface area contributed by atoms with Gasteiger partial charge in [-0.1, -0.05) is 133 Å². The topological polar surface area (TPSA) is 42.2 Å². The molecule has 0 spiro atoms. The third-order valence-electron chi connectivity index (χ3n) is 11.1. The SMILES string of the molecule is Cc1c(C2=c3c(oc4cc(N(c5ccccc5)c5cccc6ccccc56)ccc34)=CCC2)nc(C2=CCC(c3ccccc3)C=C2)nc1-c1ccccc1. The number of furan rings is 1. The highest BCUT2D eigenvalue weighted by Gasteiger charge is 2.23. The van der Waals surface area contributed by atoms with Crippen molar-refractivity contribution in [1.29, 1.82) is 0 Å². The number of hydrogen-bond acceptors (Lipinski definition) is 4. The molecule has 55 heavy (non-hydrogen) atoms. The minimum atomic E-state index is 0.342. The zero-order chi connectivity index (χ0) is 36.7. The number of benzene rings is 6. The lowest BCUT2D eigenvalue weighted by Gasteiger charge is -2.26. The van der Waals surface area contributed by atoms with Gasteiger partial charge in [0.15, 0.2) is 5.82 Å². The average Bonchev–Trinajstić information content (AvgIpc) is 3.63. The number of para-hydroxylation sites is 1. The van der Waals surface area contributed by atoms with Crippen LogP contribution in [0.25, 0.3) is 50.2 Å². The van der Waals surface area contributed by atoms with Crippen molar-refractivity contribution in [1.82, 2.24) is 9.97 Å². The number of rotatable bonds is 7. The van der Waals surface area contributed by atoms with E-state index in [1.807, 2.05) is 0 Å². The van der Waals surface area contributed by atoms with E-state index in [0.717, 1.165) is 91.8 Å². The van der Waals surface area contributed by atoms with Crippen LogP contribution in [0.4, 0.5) is 17.1 Å². The summed E-state index contributed by atoms with van der Waals surface area (Å²) in [6.07, 6.45) is 11.7. The Bertz CT molecular complexity index is 2900. The molecule has 0 N–H and O–H groups in total. The van der Waals surface area contributed by atoms with Gasteiger partial charge in [-0.3, -0.25) is 0 Å². The predicted octanol–water partition coefficient (Wildman–Crippen LogP) is 11.7. The molecular weight excluding hydrogens is 671 g/mol. The van der Waals surface area contributed by atoms with Gasteiger partial charge in [0, 0.05) is 56.1 Å². The fraction of sp³-hybridized carbons (Fsp3) is 0.0980. The number of anilines is 3. The van der Waals surface area contributed by atoms with Crippen molar-refractivity contribution < 1.29 is 4.42 Å². The van der Waals surface area contributed by atoms with E-state index >= 15 is 0 Å². The van der Waals surface area contributed by atoms with Gasteiger partial charge >= 0.3 is 0 Å². The predicted molar refractivity (Wildman–Crippen MR) is 227 cm³/mol. The molecule has 4 nitrogen and oxygen atoms in total. The monoisotopic (exact) mass is 709 g/mol. The molecule has 0 bridgehead atoms. The summed E-state index contributed by atoms with van der Waals surface area (Å²) in [5.74, 6) is 1.10. The normalized spacial score (nSPS) is 15.1. The molecule has 2 aliphatic carbocycles. The van der Waals surface area contributed by atoms with Gasteiger partial charge in [0.2, 0.25) is 0 Å². The zero-order valence-electron chi connectivity index (χ0n) is 30.7. The first-order chi connectivity index (χ1) is 27.2. The second kappa shape index (κ2) is 13.9. The molecule has 264 valence electrons. The molecular formula is C51H39N3O. The van der Waals surface area contributed by atoms with Gasteiger partial charge in [-0.2, -0.15) is 0 Å². The molecule has 1 atom stereocenters. The van der Waals surface area contributed by atoms with Crippen LogP contribution >= 0.6 is 0 Å². The van der Waals surface area contributed by atoms with Crippen molar-refractivity contribution >= 4 is 56.0 Å². The number of nitrogens with zero attached hydrogens (tertiary/aromatic N) is 3. The largest absolute Gasteiger partial charge is 0.456 e. The van der Waals surface area contributed by atoms with Crippen molar-refractivity contribution in [2.75, 3.05) is 4.90 Å². The van der Waals surface area contributed by atoms with Gasteiger partial charge in [0.25, 0.3) is 0 Å². The summed E-state index contributed by atoms with van der Waals surface area (Å²) < 4.78 is 6.78. The van der Waals surface area contributed by atoms with Gasteiger partial charge in [0.1, 0.15) is 11.0 Å². The summed E-state index contributed by atoms with van der Waals surface area (Å²) in [6, 6.07) is 53.5. The van der Waals surface area contributed by atoms with Crippen molar-refractivity contribution in [3.05, 3.63) is 203 Å². The highest BCUT2D eigenvalue weighted by molar-refractivity contribution is 6.00. The van der Waals surface area contributed by atoms with E-state index in [9.17, 15) is 0 Å². The summed E-state index contributed by atoms with van der Waals surface area (Å²) in [4.78, 5) is 13.0. The molecule has 4 heteroatoms. The molecule has 1 unspecified atom stereocenters. The molecule has 2 heterocycles.